The van der Waals surface area contributed by atoms with Crippen molar-refractivity contribution in [3.63, 3.8) is 0 Å². The van der Waals surface area contributed by atoms with E-state index in [2.05, 4.69) is 105 Å². The molecule has 1 atom stereocenters. The quantitative estimate of drug-likeness (QED) is 0.289. The maximum Gasteiger partial charge on any atom is 0.205 e. The zero-order chi connectivity index (χ0) is 17.0. The van der Waals surface area contributed by atoms with Crippen LogP contribution in [0.4, 0.5) is 0 Å². The Morgan fingerprint density at radius 1 is 1.04 bits per heavy atom. The van der Waals surface area contributed by atoms with Crippen LogP contribution < -0.4 is 0 Å². The van der Waals surface area contributed by atoms with Crippen molar-refractivity contribution in [3.8, 4) is 11.1 Å². The molecule has 123 valence electrons. The first-order valence-corrected chi connectivity index (χ1v) is 12.0. The molecule has 3 heteroatoms. The summed E-state index contributed by atoms with van der Waals surface area (Å²) in [7, 11) is -0.746. The van der Waals surface area contributed by atoms with Crippen LogP contribution in [-0.2, 0) is 8.85 Å². The van der Waals surface area contributed by atoms with Gasteiger partial charge in [-0.1, -0.05) is 91.9 Å². The Hall–Kier alpha value is -0.653. The number of hydrogen-bond acceptors (Lipinski definition) is 1. The number of hydrogen-bond donors (Lipinski definition) is 0. The summed E-state index contributed by atoms with van der Waals surface area (Å²) in [5.74, 6) is 0. The van der Waals surface area contributed by atoms with Gasteiger partial charge in [0.25, 0.3) is 0 Å². The molecule has 0 fully saturated rings. The highest BCUT2D eigenvalue weighted by Gasteiger charge is 2.28. The Bertz CT molecular complexity index is 632. The maximum atomic E-state index is 6.35. The van der Waals surface area contributed by atoms with Crippen LogP contribution in [0.3, 0.4) is 0 Å². The molecule has 0 N–H and O–H groups in total. The van der Waals surface area contributed by atoms with Gasteiger partial charge in [-0.05, 0) is 40.8 Å². The fraction of sp³-hybridized carbons (Fsp3) is 0.400. The molecule has 0 spiro atoms. The van der Waals surface area contributed by atoms with Gasteiger partial charge in [0.2, 0.25) is 9.04 Å². The summed E-state index contributed by atoms with van der Waals surface area (Å²) in [4.78, 5) is 0. The van der Waals surface area contributed by atoms with Crippen LogP contribution in [0.1, 0.15) is 38.0 Å². The average Bonchev–Trinajstić information content (AvgIpc) is 2.51. The fourth-order valence-electron chi connectivity index (χ4n) is 2.77. The third-order valence-electron chi connectivity index (χ3n) is 3.80. The van der Waals surface area contributed by atoms with Crippen LogP contribution in [0.15, 0.2) is 48.5 Å². The lowest BCUT2D eigenvalue weighted by atomic mass is 9.83. The summed E-state index contributed by atoms with van der Waals surface area (Å²) in [6.45, 7) is 11.2. The summed E-state index contributed by atoms with van der Waals surface area (Å²) in [6, 6.07) is 17.5. The second-order valence-electron chi connectivity index (χ2n) is 7.19. The van der Waals surface area contributed by atoms with Crippen molar-refractivity contribution in [2.45, 2.75) is 44.4 Å². The second-order valence-corrected chi connectivity index (χ2v) is 10.0. The fourth-order valence-corrected chi connectivity index (χ4v) is 4.36. The van der Waals surface area contributed by atoms with Gasteiger partial charge in [0.15, 0.2) is 0 Å². The molecule has 2 rings (SSSR count). The first-order chi connectivity index (χ1) is 10.8. The van der Waals surface area contributed by atoms with Gasteiger partial charge in [0.1, 0.15) is 0 Å². The van der Waals surface area contributed by atoms with Gasteiger partial charge in [-0.15, -0.1) is 0 Å². The van der Waals surface area contributed by atoms with Gasteiger partial charge >= 0.3 is 0 Å². The zero-order valence-corrected chi connectivity index (χ0v) is 17.8. The third-order valence-corrected chi connectivity index (χ3v) is 5.33. The molecule has 0 amide bonds. The molecule has 2 aromatic rings. The molecule has 0 aliphatic heterocycles. The Labute approximate surface area is 156 Å². The van der Waals surface area contributed by atoms with Crippen molar-refractivity contribution >= 4 is 31.6 Å². The van der Waals surface area contributed by atoms with Crippen LogP contribution in [0.25, 0.3) is 11.1 Å². The van der Waals surface area contributed by atoms with Crippen molar-refractivity contribution in [1.29, 1.82) is 0 Å². The van der Waals surface area contributed by atoms with E-state index >= 15 is 0 Å². The van der Waals surface area contributed by atoms with Crippen LogP contribution >= 0.6 is 22.6 Å². The van der Waals surface area contributed by atoms with E-state index in [1.807, 2.05) is 0 Å². The largest absolute Gasteiger partial charge is 0.410 e. The lowest BCUT2D eigenvalue weighted by Crippen LogP contribution is -2.26. The van der Waals surface area contributed by atoms with Crippen molar-refractivity contribution in [2.75, 3.05) is 0 Å². The van der Waals surface area contributed by atoms with E-state index in [9.17, 15) is 0 Å². The molecule has 0 bridgehead atoms. The molecule has 0 aliphatic rings. The van der Waals surface area contributed by atoms with Crippen molar-refractivity contribution in [2.24, 2.45) is 5.41 Å². The van der Waals surface area contributed by atoms with E-state index in [4.69, 9.17) is 4.43 Å². The number of alkyl halides is 1. The van der Waals surface area contributed by atoms with E-state index in [0.717, 1.165) is 4.43 Å². The standard InChI is InChI=1S/C20H26IOSi/c1-20(2,3)19(22-23(4)5)16-11-12-18(17(13-16)14-21)15-9-7-6-8-10-15/h6-13,19H,14H2,1-5H3. The second kappa shape index (κ2) is 7.95. The van der Waals surface area contributed by atoms with Gasteiger partial charge in [-0.3, -0.25) is 0 Å². The van der Waals surface area contributed by atoms with E-state index in [-0.39, 0.29) is 11.5 Å². The highest BCUT2D eigenvalue weighted by atomic mass is 127. The van der Waals surface area contributed by atoms with E-state index in [1.165, 1.54) is 22.3 Å². The lowest BCUT2D eigenvalue weighted by Gasteiger charge is -2.33. The third kappa shape index (κ3) is 4.91. The SMILES string of the molecule is C[Si](C)OC(c1ccc(-c2ccccc2)c(CI)c1)C(C)(C)C. The predicted octanol–water partition coefficient (Wildman–Crippen LogP) is 6.64. The van der Waals surface area contributed by atoms with Gasteiger partial charge in [-0.2, -0.15) is 0 Å². The van der Waals surface area contributed by atoms with Crippen molar-refractivity contribution < 1.29 is 4.43 Å². The molecule has 0 saturated heterocycles. The molecule has 0 aromatic heterocycles. The van der Waals surface area contributed by atoms with Gasteiger partial charge in [0.05, 0.1) is 6.10 Å². The van der Waals surface area contributed by atoms with Gasteiger partial charge in [0, 0.05) is 4.43 Å². The maximum absolute atomic E-state index is 6.35. The smallest absolute Gasteiger partial charge is 0.205 e. The summed E-state index contributed by atoms with van der Waals surface area (Å²) < 4.78 is 7.35. The highest BCUT2D eigenvalue weighted by molar-refractivity contribution is 14.1. The van der Waals surface area contributed by atoms with E-state index < -0.39 is 9.04 Å². The topological polar surface area (TPSA) is 9.23 Å². The molecular weight excluding hydrogens is 411 g/mol. The Morgan fingerprint density at radius 3 is 2.22 bits per heavy atom. The normalized spacial score (nSPS) is 13.3. The molecule has 1 nitrogen and oxygen atoms in total. The summed E-state index contributed by atoms with van der Waals surface area (Å²) >= 11 is 2.46. The Morgan fingerprint density at radius 2 is 1.70 bits per heavy atom. The molecule has 1 unspecified atom stereocenters. The monoisotopic (exact) mass is 437 g/mol. The number of halogens is 1. The minimum absolute atomic E-state index is 0.0960. The average molecular weight is 437 g/mol. The molecule has 0 aliphatic carbocycles. The zero-order valence-electron chi connectivity index (χ0n) is 14.7. The molecule has 0 saturated carbocycles. The summed E-state index contributed by atoms with van der Waals surface area (Å²) in [5, 5.41) is 0. The molecule has 1 radical (unpaired) electrons. The number of benzene rings is 2. The lowest BCUT2D eigenvalue weighted by molar-refractivity contribution is 0.0866. The van der Waals surface area contributed by atoms with Crippen LogP contribution in [0, 0.1) is 5.41 Å². The predicted molar refractivity (Wildman–Crippen MR) is 110 cm³/mol. The molecule has 0 heterocycles. The molecule has 2 aromatic carbocycles. The molecular formula is C20H26IOSi. The van der Waals surface area contributed by atoms with Crippen molar-refractivity contribution in [1.82, 2.24) is 0 Å². The summed E-state index contributed by atoms with van der Waals surface area (Å²) in [5.41, 5.74) is 5.39. The first kappa shape index (κ1) is 18.7. The minimum atomic E-state index is -0.746. The highest BCUT2D eigenvalue weighted by Crippen LogP contribution is 2.38. The van der Waals surface area contributed by atoms with Crippen LogP contribution in [0.5, 0.6) is 0 Å². The Balaban J connectivity index is 2.45. The van der Waals surface area contributed by atoms with Crippen LogP contribution in [-0.4, -0.2) is 9.04 Å². The van der Waals surface area contributed by atoms with E-state index in [0.29, 0.717) is 0 Å². The van der Waals surface area contributed by atoms with E-state index in [1.54, 1.807) is 0 Å². The van der Waals surface area contributed by atoms with Gasteiger partial charge < -0.3 is 4.43 Å². The summed E-state index contributed by atoms with van der Waals surface area (Å²) in [6.07, 6.45) is 0.151. The first-order valence-electron chi connectivity index (χ1n) is 8.04. The minimum Gasteiger partial charge on any atom is -0.410 e. The Kier molecular flexibility index (Phi) is 6.46. The van der Waals surface area contributed by atoms with Crippen LogP contribution in [0.2, 0.25) is 13.1 Å². The van der Waals surface area contributed by atoms with Crippen molar-refractivity contribution in [3.05, 3.63) is 59.7 Å². The van der Waals surface area contributed by atoms with Gasteiger partial charge in [-0.25, -0.2) is 0 Å². The number of rotatable bonds is 5. The molecule has 23 heavy (non-hydrogen) atoms.